The molecule has 0 unspecified atom stereocenters. The van der Waals surface area contributed by atoms with Gasteiger partial charge in [0, 0.05) is 0 Å². The summed E-state index contributed by atoms with van der Waals surface area (Å²) in [4.78, 5) is 30.7. The van der Waals surface area contributed by atoms with Gasteiger partial charge in [-0.3, -0.25) is 14.2 Å². The van der Waals surface area contributed by atoms with Crippen LogP contribution in [0.4, 0.5) is 0 Å². The smallest absolute Gasteiger partial charge is 0.266 e. The van der Waals surface area contributed by atoms with E-state index in [-0.39, 0.29) is 18.1 Å². The molecule has 1 N–H and O–H groups in total. The highest BCUT2D eigenvalue weighted by Crippen LogP contribution is 2.32. The summed E-state index contributed by atoms with van der Waals surface area (Å²) in [5.74, 6) is 1.21. The fourth-order valence-corrected chi connectivity index (χ4v) is 4.96. The number of thioether (sulfide) groups is 1. The zero-order valence-electron chi connectivity index (χ0n) is 19.5. The van der Waals surface area contributed by atoms with Gasteiger partial charge < -0.3 is 14.8 Å². The number of hydrogen-bond donors (Lipinski definition) is 1. The lowest BCUT2D eigenvalue weighted by atomic mass is 10.2. The predicted octanol–water partition coefficient (Wildman–Crippen LogP) is 4.77. The number of thiocarbonyl (C=S) groups is 1. The fourth-order valence-electron chi connectivity index (χ4n) is 3.92. The lowest BCUT2D eigenvalue weighted by molar-refractivity contribution is -0.115. The first kappa shape index (κ1) is 23.8. The van der Waals surface area contributed by atoms with Crippen LogP contribution < -0.4 is 20.3 Å². The maximum absolute atomic E-state index is 13.4. The number of benzene rings is 3. The van der Waals surface area contributed by atoms with Crippen LogP contribution in [0.25, 0.3) is 22.7 Å². The number of aryl methyl sites for hydroxylation is 1. The van der Waals surface area contributed by atoms with Crippen LogP contribution in [0.1, 0.15) is 17.0 Å². The molecule has 0 atom stereocenters. The highest BCUT2D eigenvalue weighted by molar-refractivity contribution is 8.26. The van der Waals surface area contributed by atoms with Crippen LogP contribution >= 0.6 is 24.0 Å². The minimum absolute atomic E-state index is 0.0390. The lowest BCUT2D eigenvalue weighted by Crippen LogP contribution is -2.25. The van der Waals surface area contributed by atoms with E-state index in [0.29, 0.717) is 37.5 Å². The number of methoxy groups -OCH3 is 1. The molecule has 1 fully saturated rings. The summed E-state index contributed by atoms with van der Waals surface area (Å²) < 4.78 is 13.6. The van der Waals surface area contributed by atoms with Crippen molar-refractivity contribution in [2.45, 2.75) is 13.5 Å². The first-order valence-electron chi connectivity index (χ1n) is 11.1. The maximum Gasteiger partial charge on any atom is 0.266 e. The SMILES string of the molecule is COc1cc(C=C2SC(=S)NC2=O)ccc1OCc1nc2ccccc2c(=O)n1-c1cccc(C)c1. The molecule has 4 aromatic rings. The number of carbonyl (C=O) groups excluding carboxylic acids is 1. The number of nitrogens with one attached hydrogen (secondary N) is 1. The molecular weight excluding hydrogens is 494 g/mol. The number of amides is 1. The summed E-state index contributed by atoms with van der Waals surface area (Å²) in [5.41, 5.74) is 2.95. The average molecular weight is 516 g/mol. The first-order valence-corrected chi connectivity index (χ1v) is 12.3. The molecule has 2 heterocycles. The average Bonchev–Trinajstić information content (AvgIpc) is 3.19. The van der Waals surface area contributed by atoms with Crippen molar-refractivity contribution in [1.29, 1.82) is 0 Å². The van der Waals surface area contributed by atoms with Gasteiger partial charge in [-0.2, -0.15) is 0 Å². The van der Waals surface area contributed by atoms with Gasteiger partial charge in [-0.25, -0.2) is 4.98 Å². The zero-order chi connectivity index (χ0) is 25.2. The van der Waals surface area contributed by atoms with Crippen LogP contribution in [0.2, 0.25) is 0 Å². The van der Waals surface area contributed by atoms with Crippen molar-refractivity contribution in [3.63, 3.8) is 0 Å². The van der Waals surface area contributed by atoms with Gasteiger partial charge >= 0.3 is 0 Å². The molecule has 0 aliphatic carbocycles. The van der Waals surface area contributed by atoms with Crippen molar-refractivity contribution in [1.82, 2.24) is 14.9 Å². The van der Waals surface area contributed by atoms with E-state index in [1.165, 1.54) is 11.8 Å². The third kappa shape index (κ3) is 4.75. The molecule has 1 aliphatic rings. The molecule has 0 spiro atoms. The monoisotopic (exact) mass is 515 g/mol. The molecule has 0 bridgehead atoms. The molecule has 0 saturated carbocycles. The number of nitrogens with zero attached hydrogens (tertiary/aromatic N) is 2. The van der Waals surface area contributed by atoms with Gasteiger partial charge in [0.1, 0.15) is 10.9 Å². The summed E-state index contributed by atoms with van der Waals surface area (Å²) in [6, 6.07) is 20.3. The Morgan fingerprint density at radius 1 is 1.06 bits per heavy atom. The molecule has 1 aliphatic heterocycles. The van der Waals surface area contributed by atoms with Crippen molar-refractivity contribution < 1.29 is 14.3 Å². The number of ether oxygens (including phenoxy) is 2. The highest BCUT2D eigenvalue weighted by Gasteiger charge is 2.22. The van der Waals surface area contributed by atoms with Gasteiger partial charge in [0.25, 0.3) is 11.5 Å². The van der Waals surface area contributed by atoms with Crippen LogP contribution in [0.15, 0.2) is 76.4 Å². The van der Waals surface area contributed by atoms with E-state index in [1.807, 2.05) is 55.5 Å². The molecule has 7 nitrogen and oxygen atoms in total. The van der Waals surface area contributed by atoms with E-state index in [1.54, 1.807) is 36.0 Å². The quantitative estimate of drug-likeness (QED) is 0.293. The second kappa shape index (κ2) is 9.96. The second-order valence-electron chi connectivity index (χ2n) is 8.08. The third-order valence-corrected chi connectivity index (χ3v) is 6.75. The Bertz CT molecular complexity index is 1610. The number of para-hydroxylation sites is 1. The van der Waals surface area contributed by atoms with Crippen LogP contribution in [0.5, 0.6) is 11.5 Å². The number of fused-ring (bicyclic) bond motifs is 1. The number of rotatable bonds is 6. The largest absolute Gasteiger partial charge is 0.493 e. The Morgan fingerprint density at radius 2 is 1.89 bits per heavy atom. The molecule has 0 radical (unpaired) electrons. The van der Waals surface area contributed by atoms with E-state index in [2.05, 4.69) is 5.32 Å². The number of hydrogen-bond acceptors (Lipinski definition) is 7. The Balaban J connectivity index is 1.50. The molecule has 1 aromatic heterocycles. The fraction of sp³-hybridized carbons (Fsp3) is 0.111. The van der Waals surface area contributed by atoms with Crippen LogP contribution in [-0.2, 0) is 11.4 Å². The van der Waals surface area contributed by atoms with Crippen molar-refractivity contribution in [3.8, 4) is 17.2 Å². The van der Waals surface area contributed by atoms with Gasteiger partial charge in [0.05, 0.1) is 28.6 Å². The highest BCUT2D eigenvalue weighted by atomic mass is 32.2. The third-order valence-electron chi connectivity index (χ3n) is 5.59. The van der Waals surface area contributed by atoms with Gasteiger partial charge in [0.15, 0.2) is 17.3 Å². The van der Waals surface area contributed by atoms with Gasteiger partial charge in [-0.15, -0.1) is 0 Å². The van der Waals surface area contributed by atoms with E-state index in [9.17, 15) is 9.59 Å². The summed E-state index contributed by atoms with van der Waals surface area (Å²) in [5, 5.41) is 3.13. The summed E-state index contributed by atoms with van der Waals surface area (Å²) in [6.45, 7) is 2.01. The molecule has 3 aromatic carbocycles. The number of carbonyl (C=O) groups is 1. The topological polar surface area (TPSA) is 82.5 Å². The molecule has 9 heteroatoms. The zero-order valence-corrected chi connectivity index (χ0v) is 21.1. The van der Waals surface area contributed by atoms with E-state index in [4.69, 9.17) is 26.7 Å². The Hall–Kier alpha value is -3.95. The van der Waals surface area contributed by atoms with E-state index in [0.717, 1.165) is 16.8 Å². The molecule has 180 valence electrons. The van der Waals surface area contributed by atoms with Crippen molar-refractivity contribution >= 4 is 51.2 Å². The normalized spacial score (nSPS) is 14.3. The maximum atomic E-state index is 13.4. The lowest BCUT2D eigenvalue weighted by Gasteiger charge is -2.16. The van der Waals surface area contributed by atoms with Gasteiger partial charge in [-0.05, 0) is 60.5 Å². The summed E-state index contributed by atoms with van der Waals surface area (Å²) in [6.07, 6.45) is 1.74. The van der Waals surface area contributed by atoms with E-state index >= 15 is 0 Å². The van der Waals surface area contributed by atoms with Crippen molar-refractivity contribution in [2.24, 2.45) is 0 Å². The Morgan fingerprint density at radius 3 is 2.64 bits per heavy atom. The second-order valence-corrected chi connectivity index (χ2v) is 9.79. The van der Waals surface area contributed by atoms with Crippen LogP contribution in [-0.4, -0.2) is 26.9 Å². The molecule has 36 heavy (non-hydrogen) atoms. The predicted molar refractivity (Wildman–Crippen MR) is 146 cm³/mol. The minimum atomic E-state index is -0.221. The number of aromatic nitrogens is 2. The van der Waals surface area contributed by atoms with Crippen molar-refractivity contribution in [3.05, 3.63) is 98.9 Å². The van der Waals surface area contributed by atoms with Gasteiger partial charge in [0.2, 0.25) is 0 Å². The molecule has 5 rings (SSSR count). The minimum Gasteiger partial charge on any atom is -0.493 e. The Kier molecular flexibility index (Phi) is 6.58. The van der Waals surface area contributed by atoms with Crippen LogP contribution in [0.3, 0.4) is 0 Å². The summed E-state index contributed by atoms with van der Waals surface area (Å²) >= 11 is 6.26. The van der Waals surface area contributed by atoms with Crippen molar-refractivity contribution in [2.75, 3.05) is 7.11 Å². The Labute approximate surface area is 216 Å². The van der Waals surface area contributed by atoms with E-state index < -0.39 is 0 Å². The molecule has 1 amide bonds. The molecule has 1 saturated heterocycles. The van der Waals surface area contributed by atoms with Crippen LogP contribution in [0, 0.1) is 6.92 Å². The first-order chi connectivity index (χ1) is 17.4. The standard InChI is InChI=1S/C27H21N3O4S2/c1-16-6-5-7-18(12-16)30-24(28-20-9-4-3-8-19(20)26(30)32)15-34-21-11-10-17(13-22(21)33-2)14-23-25(31)29-27(35)36-23/h3-14H,15H2,1-2H3,(H,29,31,35). The summed E-state index contributed by atoms with van der Waals surface area (Å²) in [7, 11) is 1.54. The molecular formula is C27H21N3O4S2. The van der Waals surface area contributed by atoms with Gasteiger partial charge in [-0.1, -0.05) is 54.3 Å².